The number of nitrogens with zero attached hydrogens (tertiary/aromatic N) is 6. The number of hydrogen-bond acceptors (Lipinski definition) is 4. The van der Waals surface area contributed by atoms with Crippen LogP contribution in [0.2, 0.25) is 4.05 Å². The molecule has 29 heavy (non-hydrogen) atoms. The molecular formula is C13H22ClF6MgN6OP. The molecule has 0 fully saturated rings. The summed E-state index contributed by atoms with van der Waals surface area (Å²) in [6, 6.07) is 4.28. The van der Waals surface area contributed by atoms with Crippen LogP contribution in [0.3, 0.4) is 0 Å². The zero-order chi connectivity index (χ0) is 23.1. The summed E-state index contributed by atoms with van der Waals surface area (Å²) in [4.78, 5) is 13.0. The van der Waals surface area contributed by atoms with Crippen LogP contribution < -0.4 is 4.84 Å². The minimum atomic E-state index is -10.7. The molecule has 0 bridgehead atoms. The van der Waals surface area contributed by atoms with Crippen LogP contribution in [0.15, 0.2) is 18.3 Å². The normalized spacial score (nSPS) is 13.0. The Hall–Kier alpha value is -1.11. The summed E-state index contributed by atoms with van der Waals surface area (Å²) in [5.41, 5.74) is 1.29. The van der Waals surface area contributed by atoms with Crippen LogP contribution in [0.4, 0.5) is 25.2 Å². The van der Waals surface area contributed by atoms with E-state index in [0.717, 1.165) is 4.05 Å². The monoisotopic (exact) mass is 482 g/mol. The summed E-state index contributed by atoms with van der Waals surface area (Å²) >= 11 is -0.179. The molecule has 2 heterocycles. The van der Waals surface area contributed by atoms with E-state index < -0.39 is 7.81 Å². The van der Waals surface area contributed by atoms with Gasteiger partial charge >= 0.3 is 58.3 Å². The van der Waals surface area contributed by atoms with Gasteiger partial charge in [-0.3, -0.25) is 4.84 Å². The average Bonchev–Trinajstić information content (AvgIpc) is 2.92. The number of amidine groups is 1. The predicted molar refractivity (Wildman–Crippen MR) is 103 cm³/mol. The third-order valence-electron chi connectivity index (χ3n) is 2.42. The summed E-state index contributed by atoms with van der Waals surface area (Å²) < 4.78 is 61.8. The molecule has 0 radical (unpaired) electrons. The average molecular weight is 483 g/mol. The maximum absolute atomic E-state index is 10.7. The molecule has 2 rings (SSSR count). The van der Waals surface area contributed by atoms with Gasteiger partial charge in [0.15, 0.2) is 0 Å². The first-order valence-electron chi connectivity index (χ1n) is 8.00. The number of halogens is 7. The first-order chi connectivity index (χ1) is 12.8. The van der Waals surface area contributed by atoms with Crippen LogP contribution in [0, 0.1) is 0 Å². The first kappa shape index (κ1) is 27.9. The molecule has 2 aromatic heterocycles. The molecule has 0 N–H and O–H groups in total. The molecule has 0 saturated heterocycles. The Morgan fingerprint density at radius 1 is 1.21 bits per heavy atom. The van der Waals surface area contributed by atoms with E-state index in [0.29, 0.717) is 17.2 Å². The Labute approximate surface area is 177 Å². The number of hydrogen-bond donors (Lipinski definition) is 0. The Kier molecular flexibility index (Phi) is 9.42. The molecule has 0 aromatic carbocycles. The molecule has 0 saturated carbocycles. The Morgan fingerprint density at radius 2 is 1.69 bits per heavy atom. The van der Waals surface area contributed by atoms with Crippen LogP contribution in [0.5, 0.6) is 0 Å². The van der Waals surface area contributed by atoms with E-state index in [1.165, 1.54) is 4.85 Å². The van der Waals surface area contributed by atoms with Gasteiger partial charge in [0.1, 0.15) is 5.52 Å². The van der Waals surface area contributed by atoms with E-state index >= 15 is 0 Å². The third kappa shape index (κ3) is 15.4. The van der Waals surface area contributed by atoms with E-state index in [1.807, 2.05) is 49.8 Å². The Morgan fingerprint density at radius 3 is 2.07 bits per heavy atom. The van der Waals surface area contributed by atoms with E-state index in [4.69, 9.17) is 13.9 Å². The van der Waals surface area contributed by atoms with Gasteiger partial charge in [-0.25, -0.2) is 14.5 Å². The van der Waals surface area contributed by atoms with Crippen molar-refractivity contribution in [3.63, 3.8) is 0 Å². The van der Waals surface area contributed by atoms with Gasteiger partial charge in [-0.2, -0.15) is 0 Å². The second kappa shape index (κ2) is 9.80. The number of fused-ring (bicyclic) bond motifs is 1. The molecule has 2 aromatic rings. The molecule has 0 aliphatic rings. The van der Waals surface area contributed by atoms with Gasteiger partial charge in [0.25, 0.3) is 0 Å². The number of rotatable bonds is 2. The van der Waals surface area contributed by atoms with Gasteiger partial charge < -0.3 is 9.07 Å². The van der Waals surface area contributed by atoms with Gasteiger partial charge in [0, 0.05) is 6.20 Å². The maximum atomic E-state index is 9.87. The van der Waals surface area contributed by atoms with Crippen molar-refractivity contribution in [2.24, 2.45) is 0 Å². The topological polar surface area (TPSA) is 59.1 Å². The van der Waals surface area contributed by atoms with Gasteiger partial charge in [0.05, 0.1) is 28.2 Å². The van der Waals surface area contributed by atoms with Crippen LogP contribution in [0.1, 0.15) is 13.8 Å². The van der Waals surface area contributed by atoms with Crippen molar-refractivity contribution in [3.05, 3.63) is 18.3 Å². The summed E-state index contributed by atoms with van der Waals surface area (Å²) in [5.74, 6) is 0. The molecule has 0 unspecified atom stereocenters. The second-order valence-electron chi connectivity index (χ2n) is 6.48. The molecular weight excluding hydrogens is 461 g/mol. The summed E-state index contributed by atoms with van der Waals surface area (Å²) in [6.07, 6.45) is 1.68. The number of aromatic nitrogens is 4. The molecule has 0 aliphatic carbocycles. The predicted octanol–water partition coefficient (Wildman–Crippen LogP) is 4.50. The van der Waals surface area contributed by atoms with Crippen LogP contribution in [-0.2, 0) is 0 Å². The summed E-state index contributed by atoms with van der Waals surface area (Å²) in [5, 5.41) is 7.87. The Balaban J connectivity index is 0.000000543. The van der Waals surface area contributed by atoms with Crippen molar-refractivity contribution in [1.82, 2.24) is 25.0 Å². The SMILES string of the molecule is CN(C)C(On1nnc2cccnc21)=[N+](C)C.C[CH](C)[Mg][Cl].F[P-](F)(F)(F)(F)F. The molecule has 16 heteroatoms. The third-order valence-corrected chi connectivity index (χ3v) is 4.89. The zero-order valence-corrected chi connectivity index (χ0v) is 19.8. The van der Waals surface area contributed by atoms with Gasteiger partial charge in [-0.1, -0.05) is 13.8 Å². The van der Waals surface area contributed by atoms with E-state index in [9.17, 15) is 25.2 Å². The standard InChI is InChI=1S/C10H15N6O.C3H7.ClH.F6P.Mg/c1-14(2)10(15(3)4)17-16-9-8(12-13-16)6-5-7-11-9;1-3-2;;1-7(2,3,4,5)6;/h5-7H,1-4H3;3H,1-2H3;1H;;/q+1;;;-1;+1/p-1. The van der Waals surface area contributed by atoms with Crippen molar-refractivity contribution in [1.29, 1.82) is 0 Å². The van der Waals surface area contributed by atoms with Gasteiger partial charge in [-0.15, -0.1) is 9.15 Å². The van der Waals surface area contributed by atoms with Crippen LogP contribution in [0.25, 0.3) is 11.2 Å². The fourth-order valence-electron chi connectivity index (χ4n) is 1.45. The van der Waals surface area contributed by atoms with Crippen LogP contribution >= 0.6 is 16.9 Å². The van der Waals surface area contributed by atoms with E-state index in [-0.39, 0.29) is 19.3 Å². The van der Waals surface area contributed by atoms with Gasteiger partial charge in [0.2, 0.25) is 5.65 Å². The minimum absolute atomic E-state index is 0.179. The van der Waals surface area contributed by atoms with Crippen molar-refractivity contribution in [3.8, 4) is 0 Å². The first-order valence-corrected chi connectivity index (χ1v) is 13.0. The summed E-state index contributed by atoms with van der Waals surface area (Å²) in [6.45, 7) is 4.30. The fraction of sp³-hybridized carbons (Fsp3) is 0.538. The Bertz CT molecular complexity index is 815. The molecule has 7 nitrogen and oxygen atoms in total. The fourth-order valence-corrected chi connectivity index (χ4v) is 1.45. The van der Waals surface area contributed by atoms with Crippen molar-refractivity contribution in [2.45, 2.75) is 17.9 Å². The molecule has 0 atom stereocenters. The quantitative estimate of drug-likeness (QED) is 0.157. The number of pyridine rings is 1. The molecule has 0 amide bonds. The molecule has 0 spiro atoms. The zero-order valence-electron chi connectivity index (χ0n) is 16.7. The van der Waals surface area contributed by atoms with Crippen molar-refractivity contribution >= 4 is 53.3 Å². The summed E-state index contributed by atoms with van der Waals surface area (Å²) in [7, 11) is 2.38. The van der Waals surface area contributed by atoms with Crippen molar-refractivity contribution < 1.29 is 34.6 Å². The second-order valence-corrected chi connectivity index (χ2v) is 11.3. The van der Waals surface area contributed by atoms with E-state index in [1.54, 1.807) is 6.20 Å². The van der Waals surface area contributed by atoms with E-state index in [2.05, 4.69) is 29.1 Å². The van der Waals surface area contributed by atoms with Gasteiger partial charge in [-0.05, 0) is 22.2 Å². The molecule has 0 aliphatic heterocycles. The van der Waals surface area contributed by atoms with Crippen molar-refractivity contribution in [2.75, 3.05) is 28.2 Å². The molecule has 166 valence electrons. The van der Waals surface area contributed by atoms with Crippen LogP contribution in [-0.4, -0.2) is 83.1 Å².